The molecule has 0 heterocycles. The SMILES string of the molecule is C=C/C=C\C=C(/C=C)S(C)(C(=C)/C=C\C=C/C)C(/C=C\C=C)=C/C=C. The van der Waals surface area contributed by atoms with Crippen molar-refractivity contribution in [2.24, 2.45) is 0 Å². The van der Waals surface area contributed by atoms with Crippen molar-refractivity contribution in [1.82, 2.24) is 0 Å². The third kappa shape index (κ3) is 6.86. The lowest BCUT2D eigenvalue weighted by Gasteiger charge is -2.39. The zero-order valence-corrected chi connectivity index (χ0v) is 16.3. The van der Waals surface area contributed by atoms with Crippen LogP contribution in [0.5, 0.6) is 0 Å². The summed E-state index contributed by atoms with van der Waals surface area (Å²) in [5, 5.41) is 0. The molecule has 0 aliphatic heterocycles. The fourth-order valence-corrected chi connectivity index (χ4v) is 4.69. The summed E-state index contributed by atoms with van der Waals surface area (Å²) in [6.07, 6.45) is 29.5. The summed E-state index contributed by atoms with van der Waals surface area (Å²) < 4.78 is 0. The molecule has 1 unspecified atom stereocenters. The maximum absolute atomic E-state index is 4.36. The van der Waals surface area contributed by atoms with E-state index >= 15 is 0 Å². The van der Waals surface area contributed by atoms with Crippen molar-refractivity contribution in [3.05, 3.63) is 133 Å². The molecule has 0 N–H and O–H groups in total. The van der Waals surface area contributed by atoms with Crippen LogP contribution < -0.4 is 0 Å². The molecule has 0 bridgehead atoms. The summed E-state index contributed by atoms with van der Waals surface area (Å²) in [6.45, 7) is 21.7. The van der Waals surface area contributed by atoms with Crippen molar-refractivity contribution in [2.75, 3.05) is 6.26 Å². The lowest BCUT2D eigenvalue weighted by molar-refractivity contribution is 1.71. The monoisotopic (exact) mass is 350 g/mol. The molecule has 0 aromatic rings. The van der Waals surface area contributed by atoms with Crippen LogP contribution in [0.1, 0.15) is 6.92 Å². The van der Waals surface area contributed by atoms with Gasteiger partial charge in [-0.05, 0) is 40.0 Å². The Morgan fingerprint density at radius 1 is 0.720 bits per heavy atom. The van der Waals surface area contributed by atoms with Gasteiger partial charge in [-0.2, -0.15) is 10.0 Å². The van der Waals surface area contributed by atoms with Gasteiger partial charge in [0.2, 0.25) is 0 Å². The van der Waals surface area contributed by atoms with E-state index < -0.39 is 10.0 Å². The van der Waals surface area contributed by atoms with Crippen molar-refractivity contribution in [3.8, 4) is 0 Å². The summed E-state index contributed by atoms with van der Waals surface area (Å²) in [5.41, 5.74) is 0. The second-order valence-corrected chi connectivity index (χ2v) is 8.37. The molecule has 0 nitrogen and oxygen atoms in total. The molecule has 0 radical (unpaired) electrons. The normalized spacial score (nSPS) is 17.0. The second kappa shape index (κ2) is 12.9. The van der Waals surface area contributed by atoms with Gasteiger partial charge in [-0.3, -0.25) is 0 Å². The third-order valence-corrected chi connectivity index (χ3v) is 7.09. The summed E-state index contributed by atoms with van der Waals surface area (Å²) in [7, 11) is -1.55. The van der Waals surface area contributed by atoms with Gasteiger partial charge in [0.1, 0.15) is 0 Å². The Labute approximate surface area is 156 Å². The number of hydrogen-bond donors (Lipinski definition) is 0. The molecule has 25 heavy (non-hydrogen) atoms. The first-order valence-corrected chi connectivity index (χ1v) is 10.1. The largest absolute Gasteiger partial charge is 0.164 e. The predicted molar refractivity (Wildman–Crippen MR) is 122 cm³/mol. The maximum atomic E-state index is 4.36. The van der Waals surface area contributed by atoms with E-state index in [0.29, 0.717) is 0 Å². The second-order valence-electron chi connectivity index (χ2n) is 5.06. The Morgan fingerprint density at radius 3 is 1.92 bits per heavy atom. The third-order valence-electron chi connectivity index (χ3n) is 3.44. The van der Waals surface area contributed by atoms with Crippen LogP contribution in [0.15, 0.2) is 133 Å². The fraction of sp³-hybridized carbons (Fsp3) is 0.0833. The van der Waals surface area contributed by atoms with Crippen LogP contribution in [0, 0.1) is 0 Å². The average molecular weight is 351 g/mol. The van der Waals surface area contributed by atoms with Crippen molar-refractivity contribution in [1.29, 1.82) is 0 Å². The number of hydrogen-bond acceptors (Lipinski definition) is 0. The molecule has 0 aliphatic carbocycles. The van der Waals surface area contributed by atoms with Gasteiger partial charge in [0.25, 0.3) is 0 Å². The van der Waals surface area contributed by atoms with Crippen molar-refractivity contribution < 1.29 is 0 Å². The molecule has 132 valence electrons. The predicted octanol–water partition coefficient (Wildman–Crippen LogP) is 7.69. The first-order chi connectivity index (χ1) is 12.0. The molecule has 0 aliphatic rings. The van der Waals surface area contributed by atoms with Gasteiger partial charge in [-0.15, -0.1) is 0 Å². The number of allylic oxidation sites excluding steroid dienone is 14. The average Bonchev–Trinajstić information content (AvgIpc) is 2.61. The Hall–Kier alpha value is -2.51. The molecule has 0 rings (SSSR count). The zero-order valence-electron chi connectivity index (χ0n) is 15.5. The van der Waals surface area contributed by atoms with Crippen LogP contribution in [-0.2, 0) is 0 Å². The van der Waals surface area contributed by atoms with E-state index in [2.05, 4.69) is 57.4 Å². The Bertz CT molecular complexity index is 675. The van der Waals surface area contributed by atoms with Gasteiger partial charge in [0, 0.05) is 0 Å². The fourth-order valence-electron chi connectivity index (χ4n) is 2.06. The molecule has 0 aromatic carbocycles. The van der Waals surface area contributed by atoms with E-state index in [4.69, 9.17) is 0 Å². The van der Waals surface area contributed by atoms with Crippen LogP contribution in [0.4, 0.5) is 0 Å². The van der Waals surface area contributed by atoms with Crippen LogP contribution in [0.3, 0.4) is 0 Å². The van der Waals surface area contributed by atoms with Crippen LogP contribution in [0.25, 0.3) is 0 Å². The Balaban J connectivity index is 6.47. The molecule has 0 aromatic heterocycles. The summed E-state index contributed by atoms with van der Waals surface area (Å²) in [4.78, 5) is 3.28. The topological polar surface area (TPSA) is 0 Å². The van der Waals surface area contributed by atoms with E-state index in [-0.39, 0.29) is 0 Å². The molecule has 0 spiro atoms. The lowest BCUT2D eigenvalue weighted by atomic mass is 10.4. The first kappa shape index (κ1) is 22.5. The maximum Gasteiger partial charge on any atom is -0.00216 e. The van der Waals surface area contributed by atoms with Crippen LogP contribution in [0.2, 0.25) is 0 Å². The van der Waals surface area contributed by atoms with Crippen LogP contribution >= 0.6 is 10.0 Å². The van der Waals surface area contributed by atoms with Crippen molar-refractivity contribution in [2.45, 2.75) is 6.92 Å². The van der Waals surface area contributed by atoms with Crippen molar-refractivity contribution >= 4 is 10.0 Å². The van der Waals surface area contributed by atoms with Gasteiger partial charge < -0.3 is 0 Å². The molecule has 0 fully saturated rings. The molecule has 0 amide bonds. The zero-order chi connectivity index (χ0) is 19.1. The highest BCUT2D eigenvalue weighted by Crippen LogP contribution is 2.65. The molecular weight excluding hydrogens is 320 g/mol. The highest BCUT2D eigenvalue weighted by molar-refractivity contribution is 8.42. The lowest BCUT2D eigenvalue weighted by Crippen LogP contribution is -2.04. The van der Waals surface area contributed by atoms with Gasteiger partial charge in [-0.1, -0.05) is 106 Å². The van der Waals surface area contributed by atoms with E-state index in [1.54, 1.807) is 18.2 Å². The quantitative estimate of drug-likeness (QED) is 0.335. The van der Waals surface area contributed by atoms with E-state index in [0.717, 1.165) is 14.7 Å². The van der Waals surface area contributed by atoms with E-state index in [1.165, 1.54) is 0 Å². The van der Waals surface area contributed by atoms with Gasteiger partial charge in [0.15, 0.2) is 0 Å². The van der Waals surface area contributed by atoms with Gasteiger partial charge in [0.05, 0.1) is 0 Å². The molecule has 0 saturated carbocycles. The van der Waals surface area contributed by atoms with E-state index in [1.807, 2.05) is 55.5 Å². The van der Waals surface area contributed by atoms with Crippen LogP contribution in [-0.4, -0.2) is 6.26 Å². The van der Waals surface area contributed by atoms with Crippen molar-refractivity contribution in [3.63, 3.8) is 0 Å². The minimum absolute atomic E-state index is 1.03. The smallest absolute Gasteiger partial charge is 0.00216 e. The Morgan fingerprint density at radius 2 is 1.40 bits per heavy atom. The summed E-state index contributed by atoms with van der Waals surface area (Å²) in [6, 6.07) is 0. The molecule has 1 atom stereocenters. The first-order valence-electron chi connectivity index (χ1n) is 8.03. The minimum Gasteiger partial charge on any atom is -0.164 e. The standard InChI is InChI=1S/C24H30S/c1-8-13-16-19-22(6)25(7,23(12-5)21-17-14-9-2)24(18-11-4)20-15-10-3/h8-21H,2-6H2,1,7H3/b13-8-,17-14-,19-16-,20-15-,23-21+,24-18+. The molecule has 0 saturated heterocycles. The summed E-state index contributed by atoms with van der Waals surface area (Å²) in [5.74, 6) is 0. The van der Waals surface area contributed by atoms with Gasteiger partial charge >= 0.3 is 0 Å². The molecule has 1 heteroatoms. The Kier molecular flexibility index (Phi) is 11.6. The highest BCUT2D eigenvalue weighted by Gasteiger charge is 2.26. The van der Waals surface area contributed by atoms with E-state index in [9.17, 15) is 0 Å². The molecular formula is C24H30S. The minimum atomic E-state index is -1.55. The number of rotatable bonds is 11. The van der Waals surface area contributed by atoms with Gasteiger partial charge in [-0.25, -0.2) is 0 Å². The highest BCUT2D eigenvalue weighted by atomic mass is 32.3. The summed E-state index contributed by atoms with van der Waals surface area (Å²) >= 11 is 0.